The third-order valence-corrected chi connectivity index (χ3v) is 3.16. The highest BCUT2D eigenvalue weighted by Gasteiger charge is 2.08. The van der Waals surface area contributed by atoms with E-state index >= 15 is 0 Å². The molecular weight excluding hydrogens is 267 g/mol. The first kappa shape index (κ1) is 15.2. The predicted octanol–water partition coefficient (Wildman–Crippen LogP) is 2.69. The van der Waals surface area contributed by atoms with Crippen molar-refractivity contribution < 1.29 is 9.50 Å². The van der Waals surface area contributed by atoms with Gasteiger partial charge in [-0.2, -0.15) is 5.26 Å². The molecule has 0 aromatic heterocycles. The first-order chi connectivity index (χ1) is 10.2. The predicted molar refractivity (Wildman–Crippen MR) is 78.8 cm³/mol. The Morgan fingerprint density at radius 2 is 1.76 bits per heavy atom. The average molecular weight is 284 g/mol. The molecule has 108 valence electrons. The van der Waals surface area contributed by atoms with E-state index in [1.54, 1.807) is 6.07 Å². The Morgan fingerprint density at radius 1 is 1.05 bits per heavy atom. The summed E-state index contributed by atoms with van der Waals surface area (Å²) < 4.78 is 13.5. The van der Waals surface area contributed by atoms with Crippen molar-refractivity contribution >= 4 is 0 Å². The van der Waals surface area contributed by atoms with Gasteiger partial charge in [-0.05, 0) is 29.3 Å². The van der Waals surface area contributed by atoms with Crippen LogP contribution in [0.4, 0.5) is 4.39 Å². The van der Waals surface area contributed by atoms with Gasteiger partial charge in [-0.1, -0.05) is 30.3 Å². The number of halogens is 1. The maximum atomic E-state index is 13.5. The molecule has 0 amide bonds. The van der Waals surface area contributed by atoms with Gasteiger partial charge in [-0.25, -0.2) is 4.39 Å². The topological polar surface area (TPSA) is 47.3 Å². The SMILES string of the molecule is N#Cc1cc(F)cc(CN(CCO)Cc2ccccc2)c1. The fourth-order valence-corrected chi connectivity index (χ4v) is 2.26. The molecule has 2 rings (SSSR count). The van der Waals surface area contributed by atoms with E-state index in [0.29, 0.717) is 25.2 Å². The highest BCUT2D eigenvalue weighted by atomic mass is 19.1. The first-order valence-corrected chi connectivity index (χ1v) is 6.78. The summed E-state index contributed by atoms with van der Waals surface area (Å²) in [6.07, 6.45) is 0. The van der Waals surface area contributed by atoms with Gasteiger partial charge in [0.15, 0.2) is 0 Å². The molecule has 0 fully saturated rings. The van der Waals surface area contributed by atoms with Crippen molar-refractivity contribution in [3.05, 3.63) is 71.0 Å². The van der Waals surface area contributed by atoms with Crippen LogP contribution in [-0.2, 0) is 13.1 Å². The van der Waals surface area contributed by atoms with E-state index in [9.17, 15) is 9.50 Å². The quantitative estimate of drug-likeness (QED) is 0.887. The van der Waals surface area contributed by atoms with Crippen molar-refractivity contribution in [1.82, 2.24) is 4.90 Å². The van der Waals surface area contributed by atoms with Crippen molar-refractivity contribution in [2.24, 2.45) is 0 Å². The molecule has 0 saturated heterocycles. The molecule has 21 heavy (non-hydrogen) atoms. The molecule has 0 spiro atoms. The van der Waals surface area contributed by atoms with Gasteiger partial charge < -0.3 is 5.11 Å². The van der Waals surface area contributed by atoms with Gasteiger partial charge in [-0.15, -0.1) is 0 Å². The number of nitriles is 1. The lowest BCUT2D eigenvalue weighted by Gasteiger charge is -2.21. The van der Waals surface area contributed by atoms with Gasteiger partial charge in [0.25, 0.3) is 0 Å². The Bertz CT molecular complexity index is 622. The Labute approximate surface area is 123 Å². The molecule has 2 aromatic rings. The number of hydrogen-bond acceptors (Lipinski definition) is 3. The largest absolute Gasteiger partial charge is 0.395 e. The number of aliphatic hydroxyl groups excluding tert-OH is 1. The molecule has 0 bridgehead atoms. The van der Waals surface area contributed by atoms with Crippen molar-refractivity contribution in [2.45, 2.75) is 13.1 Å². The van der Waals surface area contributed by atoms with Gasteiger partial charge in [0.05, 0.1) is 18.2 Å². The second kappa shape index (κ2) is 7.53. The first-order valence-electron chi connectivity index (χ1n) is 6.78. The monoisotopic (exact) mass is 284 g/mol. The summed E-state index contributed by atoms with van der Waals surface area (Å²) in [6.45, 7) is 1.68. The molecule has 2 aromatic carbocycles. The van der Waals surface area contributed by atoms with Crippen LogP contribution in [0.25, 0.3) is 0 Å². The van der Waals surface area contributed by atoms with Crippen LogP contribution in [-0.4, -0.2) is 23.2 Å². The van der Waals surface area contributed by atoms with Crippen molar-refractivity contribution in [1.29, 1.82) is 5.26 Å². The van der Waals surface area contributed by atoms with E-state index in [1.165, 1.54) is 12.1 Å². The highest BCUT2D eigenvalue weighted by molar-refractivity contribution is 5.33. The summed E-state index contributed by atoms with van der Waals surface area (Å²) in [5.41, 5.74) is 2.17. The third kappa shape index (κ3) is 4.67. The molecule has 0 unspecified atom stereocenters. The Balaban J connectivity index is 2.13. The molecule has 0 radical (unpaired) electrons. The smallest absolute Gasteiger partial charge is 0.124 e. The van der Waals surface area contributed by atoms with Gasteiger partial charge in [-0.3, -0.25) is 4.90 Å². The van der Waals surface area contributed by atoms with Gasteiger partial charge in [0, 0.05) is 19.6 Å². The van der Waals surface area contributed by atoms with Crippen LogP contribution in [0.3, 0.4) is 0 Å². The van der Waals surface area contributed by atoms with E-state index < -0.39 is 5.82 Å². The van der Waals surface area contributed by atoms with Crippen LogP contribution in [0.15, 0.2) is 48.5 Å². The Hall–Kier alpha value is -2.22. The van der Waals surface area contributed by atoms with Gasteiger partial charge in [0.1, 0.15) is 5.82 Å². The zero-order valence-electron chi connectivity index (χ0n) is 11.7. The molecule has 0 aliphatic heterocycles. The van der Waals surface area contributed by atoms with Crippen molar-refractivity contribution in [2.75, 3.05) is 13.2 Å². The van der Waals surface area contributed by atoms with Crippen LogP contribution >= 0.6 is 0 Å². The fourth-order valence-electron chi connectivity index (χ4n) is 2.26. The average Bonchev–Trinajstić information content (AvgIpc) is 2.48. The summed E-state index contributed by atoms with van der Waals surface area (Å²) in [5, 5.41) is 18.1. The minimum Gasteiger partial charge on any atom is -0.395 e. The maximum absolute atomic E-state index is 13.5. The van der Waals surface area contributed by atoms with Crippen LogP contribution in [0.1, 0.15) is 16.7 Å². The summed E-state index contributed by atoms with van der Waals surface area (Å²) in [6, 6.07) is 16.2. The standard InChI is InChI=1S/C17H17FN2O/c18-17-9-15(11-19)8-16(10-17)13-20(6-7-21)12-14-4-2-1-3-5-14/h1-5,8-10,21H,6-7,12-13H2. The normalized spacial score (nSPS) is 10.6. The molecule has 0 aliphatic carbocycles. The molecule has 4 heteroatoms. The summed E-state index contributed by atoms with van der Waals surface area (Å²) in [5.74, 6) is -0.410. The molecule has 0 atom stereocenters. The van der Waals surface area contributed by atoms with E-state index in [1.807, 2.05) is 41.3 Å². The van der Waals surface area contributed by atoms with Gasteiger partial charge >= 0.3 is 0 Å². The highest BCUT2D eigenvalue weighted by Crippen LogP contribution is 2.13. The zero-order valence-corrected chi connectivity index (χ0v) is 11.7. The minimum atomic E-state index is -0.410. The van der Waals surface area contributed by atoms with Crippen LogP contribution < -0.4 is 0 Å². The zero-order chi connectivity index (χ0) is 15.1. The lowest BCUT2D eigenvalue weighted by molar-refractivity contribution is 0.184. The van der Waals surface area contributed by atoms with Crippen molar-refractivity contribution in [3.8, 4) is 6.07 Å². The summed E-state index contributed by atoms with van der Waals surface area (Å²) in [4.78, 5) is 2.02. The number of benzene rings is 2. The van der Waals surface area contributed by atoms with Crippen LogP contribution in [0.2, 0.25) is 0 Å². The van der Waals surface area contributed by atoms with E-state index in [-0.39, 0.29) is 6.61 Å². The number of aliphatic hydroxyl groups is 1. The molecule has 0 heterocycles. The van der Waals surface area contributed by atoms with Crippen LogP contribution in [0, 0.1) is 17.1 Å². The van der Waals surface area contributed by atoms with Crippen LogP contribution in [0.5, 0.6) is 0 Å². The second-order valence-corrected chi connectivity index (χ2v) is 4.88. The summed E-state index contributed by atoms with van der Waals surface area (Å²) in [7, 11) is 0. The molecule has 0 saturated carbocycles. The van der Waals surface area contributed by atoms with Crippen molar-refractivity contribution in [3.63, 3.8) is 0 Å². The Morgan fingerprint density at radius 3 is 2.43 bits per heavy atom. The molecule has 3 nitrogen and oxygen atoms in total. The summed E-state index contributed by atoms with van der Waals surface area (Å²) >= 11 is 0. The lowest BCUT2D eigenvalue weighted by Crippen LogP contribution is -2.26. The minimum absolute atomic E-state index is 0.0350. The molecular formula is C17H17FN2O. The van der Waals surface area contributed by atoms with Gasteiger partial charge in [0.2, 0.25) is 0 Å². The number of hydrogen-bond donors (Lipinski definition) is 1. The third-order valence-electron chi connectivity index (χ3n) is 3.16. The fraction of sp³-hybridized carbons (Fsp3) is 0.235. The second-order valence-electron chi connectivity index (χ2n) is 4.88. The van der Waals surface area contributed by atoms with E-state index in [0.717, 1.165) is 11.1 Å². The maximum Gasteiger partial charge on any atom is 0.124 e. The number of rotatable bonds is 6. The lowest BCUT2D eigenvalue weighted by atomic mass is 10.1. The Kier molecular flexibility index (Phi) is 5.44. The van der Waals surface area contributed by atoms with E-state index in [4.69, 9.17) is 5.26 Å². The molecule has 0 aliphatic rings. The number of nitrogens with zero attached hydrogens (tertiary/aromatic N) is 2. The van der Waals surface area contributed by atoms with E-state index in [2.05, 4.69) is 0 Å². The molecule has 1 N–H and O–H groups in total.